The van der Waals surface area contributed by atoms with E-state index in [1.165, 1.54) is 6.08 Å². The van der Waals surface area contributed by atoms with Gasteiger partial charge in [0.2, 0.25) is 15.9 Å². The number of aryl methyl sites for hydroxylation is 1. The second-order valence-electron chi connectivity index (χ2n) is 7.28. The molecule has 7 nitrogen and oxygen atoms in total. The molecule has 8 heteroatoms. The molecule has 2 heterocycles. The van der Waals surface area contributed by atoms with E-state index in [1.807, 2.05) is 33.0 Å². The Morgan fingerprint density at radius 3 is 2.50 bits per heavy atom. The lowest BCUT2D eigenvalue weighted by atomic mass is 9.95. The zero-order valence-electron chi connectivity index (χ0n) is 16.4. The molecule has 0 saturated carbocycles. The van der Waals surface area contributed by atoms with Crippen molar-refractivity contribution in [3.05, 3.63) is 49.2 Å². The van der Waals surface area contributed by atoms with Crippen LogP contribution in [0.4, 0.5) is 0 Å². The zero-order valence-corrected chi connectivity index (χ0v) is 17.2. The van der Waals surface area contributed by atoms with E-state index in [9.17, 15) is 13.2 Å². The van der Waals surface area contributed by atoms with Crippen molar-refractivity contribution in [3.8, 4) is 11.3 Å². The molecule has 28 heavy (non-hydrogen) atoms. The lowest BCUT2D eigenvalue weighted by molar-refractivity contribution is -0.117. The normalized spacial score (nSPS) is 23.3. The Kier molecular flexibility index (Phi) is 5.71. The minimum Gasteiger partial charge on any atom is -0.350 e. The Morgan fingerprint density at radius 1 is 1.25 bits per heavy atom. The van der Waals surface area contributed by atoms with Crippen LogP contribution in [0.3, 0.4) is 0 Å². The van der Waals surface area contributed by atoms with Crippen molar-refractivity contribution < 1.29 is 13.2 Å². The van der Waals surface area contributed by atoms with Gasteiger partial charge in [-0.1, -0.05) is 18.7 Å². The van der Waals surface area contributed by atoms with Crippen molar-refractivity contribution >= 4 is 15.9 Å². The molecule has 1 amide bonds. The summed E-state index contributed by atoms with van der Waals surface area (Å²) >= 11 is 0. The average Bonchev–Trinajstić information content (AvgIpc) is 3.07. The third kappa shape index (κ3) is 3.88. The molecule has 0 radical (unpaired) electrons. The van der Waals surface area contributed by atoms with Gasteiger partial charge in [0.05, 0.1) is 10.6 Å². The van der Waals surface area contributed by atoms with E-state index in [1.54, 1.807) is 33.4 Å². The van der Waals surface area contributed by atoms with Gasteiger partial charge in [0.25, 0.3) is 0 Å². The summed E-state index contributed by atoms with van der Waals surface area (Å²) in [5.74, 6) is -0.232. The van der Waals surface area contributed by atoms with E-state index in [4.69, 9.17) is 0 Å². The number of hydrogen-bond acceptors (Lipinski definition) is 4. The first kappa shape index (κ1) is 20.3. The Morgan fingerprint density at radius 2 is 1.93 bits per heavy atom. The zero-order chi connectivity index (χ0) is 20.5. The molecule has 2 atom stereocenters. The van der Waals surface area contributed by atoms with Gasteiger partial charge in [-0.05, 0) is 51.0 Å². The number of aromatic nitrogens is 2. The molecule has 1 aromatic heterocycles. The summed E-state index contributed by atoms with van der Waals surface area (Å²) in [6, 6.07) is 8.26. The maximum Gasteiger partial charge on any atom is 0.243 e. The quantitative estimate of drug-likeness (QED) is 0.778. The van der Waals surface area contributed by atoms with Gasteiger partial charge in [0.1, 0.15) is 0 Å². The molecule has 1 aromatic carbocycles. The van der Waals surface area contributed by atoms with Crippen molar-refractivity contribution in [2.24, 2.45) is 7.05 Å². The molecule has 150 valence electrons. The fourth-order valence-corrected chi connectivity index (χ4v) is 5.90. The third-order valence-electron chi connectivity index (χ3n) is 5.18. The second-order valence-corrected chi connectivity index (χ2v) is 9.13. The monoisotopic (exact) mass is 402 g/mol. The molecule has 3 rings (SSSR count). The minimum atomic E-state index is -3.67. The number of hydrogen-bond donors (Lipinski definition) is 1. The van der Waals surface area contributed by atoms with Gasteiger partial charge < -0.3 is 5.32 Å². The number of carbonyl (C=O) groups is 1. The average molecular weight is 403 g/mol. The molecule has 1 aliphatic rings. The van der Waals surface area contributed by atoms with Gasteiger partial charge in [-0.3, -0.25) is 9.48 Å². The summed E-state index contributed by atoms with van der Waals surface area (Å²) in [5, 5.41) is 7.04. The van der Waals surface area contributed by atoms with Gasteiger partial charge in [0.15, 0.2) is 0 Å². The van der Waals surface area contributed by atoms with Crippen LogP contribution in [0.25, 0.3) is 11.3 Å². The number of carbonyl (C=O) groups excluding carboxylic acids is 1. The van der Waals surface area contributed by atoms with E-state index >= 15 is 0 Å². The Hall–Kier alpha value is -2.45. The van der Waals surface area contributed by atoms with Crippen LogP contribution >= 0.6 is 0 Å². The molecule has 2 aromatic rings. The maximum absolute atomic E-state index is 13.4. The Balaban J connectivity index is 1.88. The first-order chi connectivity index (χ1) is 13.2. The topological polar surface area (TPSA) is 84.3 Å². The van der Waals surface area contributed by atoms with Crippen LogP contribution in [0.1, 0.15) is 26.7 Å². The largest absolute Gasteiger partial charge is 0.350 e. The van der Waals surface area contributed by atoms with Crippen molar-refractivity contribution in [1.82, 2.24) is 19.4 Å². The number of rotatable bonds is 5. The molecule has 2 unspecified atom stereocenters. The number of nitrogens with zero attached hydrogens (tertiary/aromatic N) is 3. The lowest BCUT2D eigenvalue weighted by Crippen LogP contribution is -2.54. The van der Waals surface area contributed by atoms with Gasteiger partial charge in [0, 0.05) is 36.9 Å². The number of piperidine rings is 1. The standard InChI is InChI=1S/C20H26N4O3S/c1-5-20(25)22-17-11-14(2)24(15(3)12-17)28(26,27)18-8-6-7-16(13-18)19-9-10-21-23(19)4/h5-10,13-15,17H,1,11-12H2,2-4H3,(H,22,25). The number of nitrogens with one attached hydrogen (secondary N) is 1. The van der Waals surface area contributed by atoms with Crippen LogP contribution < -0.4 is 5.32 Å². The summed E-state index contributed by atoms with van der Waals surface area (Å²) in [5.41, 5.74) is 1.65. The van der Waals surface area contributed by atoms with Crippen molar-refractivity contribution in [2.45, 2.75) is 49.7 Å². The molecular formula is C20H26N4O3S. The first-order valence-electron chi connectivity index (χ1n) is 9.29. The van der Waals surface area contributed by atoms with Crippen molar-refractivity contribution in [3.63, 3.8) is 0 Å². The maximum atomic E-state index is 13.4. The molecular weight excluding hydrogens is 376 g/mol. The highest BCUT2D eigenvalue weighted by atomic mass is 32.2. The fraction of sp³-hybridized carbons (Fsp3) is 0.400. The Labute approximate surface area is 166 Å². The van der Waals surface area contributed by atoms with Crippen molar-refractivity contribution in [1.29, 1.82) is 0 Å². The van der Waals surface area contributed by atoms with Crippen LogP contribution in [-0.2, 0) is 21.9 Å². The van der Waals surface area contributed by atoms with Gasteiger partial charge in [-0.15, -0.1) is 0 Å². The van der Waals surface area contributed by atoms with Crippen LogP contribution in [-0.4, -0.2) is 46.5 Å². The molecule has 0 spiro atoms. The molecule has 1 aliphatic heterocycles. The Bertz CT molecular complexity index is 971. The van der Waals surface area contributed by atoms with E-state index in [0.717, 1.165) is 11.3 Å². The number of sulfonamides is 1. The number of benzene rings is 1. The fourth-order valence-electron chi connectivity index (χ4n) is 4.01. The van der Waals surface area contributed by atoms with Crippen LogP contribution in [0.15, 0.2) is 54.1 Å². The second kappa shape index (κ2) is 7.89. The van der Waals surface area contributed by atoms with E-state index in [-0.39, 0.29) is 28.9 Å². The van der Waals surface area contributed by atoms with E-state index in [2.05, 4.69) is 17.0 Å². The van der Waals surface area contributed by atoms with E-state index in [0.29, 0.717) is 12.8 Å². The highest BCUT2D eigenvalue weighted by molar-refractivity contribution is 7.89. The molecule has 1 fully saturated rings. The predicted molar refractivity (Wildman–Crippen MR) is 108 cm³/mol. The first-order valence-corrected chi connectivity index (χ1v) is 10.7. The summed E-state index contributed by atoms with van der Waals surface area (Å²) in [6.45, 7) is 7.23. The van der Waals surface area contributed by atoms with Crippen LogP contribution in [0.2, 0.25) is 0 Å². The highest BCUT2D eigenvalue weighted by Crippen LogP contribution is 2.31. The predicted octanol–water partition coefficient (Wildman–Crippen LogP) is 2.32. The molecule has 1 saturated heterocycles. The number of amides is 1. The highest BCUT2D eigenvalue weighted by Gasteiger charge is 2.39. The summed E-state index contributed by atoms with van der Waals surface area (Å²) in [7, 11) is -1.85. The smallest absolute Gasteiger partial charge is 0.243 e. The molecule has 0 aliphatic carbocycles. The van der Waals surface area contributed by atoms with E-state index < -0.39 is 10.0 Å². The summed E-state index contributed by atoms with van der Waals surface area (Å²) in [4.78, 5) is 11.9. The van der Waals surface area contributed by atoms with Crippen LogP contribution in [0, 0.1) is 0 Å². The third-order valence-corrected chi connectivity index (χ3v) is 7.30. The summed E-state index contributed by atoms with van der Waals surface area (Å²) in [6.07, 6.45) is 4.04. The van der Waals surface area contributed by atoms with Crippen molar-refractivity contribution in [2.75, 3.05) is 0 Å². The van der Waals surface area contributed by atoms with Crippen LogP contribution in [0.5, 0.6) is 0 Å². The summed E-state index contributed by atoms with van der Waals surface area (Å²) < 4.78 is 30.1. The molecule has 0 bridgehead atoms. The van der Waals surface area contributed by atoms with Gasteiger partial charge >= 0.3 is 0 Å². The lowest BCUT2D eigenvalue weighted by Gasteiger charge is -2.41. The van der Waals surface area contributed by atoms with Gasteiger partial charge in [-0.25, -0.2) is 8.42 Å². The minimum absolute atomic E-state index is 0.0669. The molecule has 1 N–H and O–H groups in total. The SMILES string of the molecule is C=CC(=O)NC1CC(C)N(S(=O)(=O)c2cccc(-c3ccnn3C)c2)C(C)C1. The van der Waals surface area contributed by atoms with Gasteiger partial charge in [-0.2, -0.15) is 9.40 Å².